The lowest BCUT2D eigenvalue weighted by atomic mass is 9.98. The van der Waals surface area contributed by atoms with E-state index >= 15 is 0 Å². The number of hydrogen-bond donors (Lipinski definition) is 2. The highest BCUT2D eigenvalue weighted by molar-refractivity contribution is 6.31. The number of rotatable bonds is 3. The van der Waals surface area contributed by atoms with Crippen LogP contribution < -0.4 is 10.1 Å². The molecule has 0 saturated carbocycles. The van der Waals surface area contributed by atoms with Crippen molar-refractivity contribution in [2.75, 3.05) is 12.4 Å². The topological polar surface area (TPSA) is 41.5 Å². The molecule has 104 valence electrons. The van der Waals surface area contributed by atoms with E-state index in [0.717, 1.165) is 12.1 Å². The summed E-state index contributed by atoms with van der Waals surface area (Å²) in [6.45, 7) is 0. The number of aliphatic hydroxyl groups excluding tert-OH is 1. The van der Waals surface area contributed by atoms with Crippen LogP contribution in [0.25, 0.3) is 0 Å². The fourth-order valence-corrected chi connectivity index (χ4v) is 2.98. The summed E-state index contributed by atoms with van der Waals surface area (Å²) in [4.78, 5) is 0. The molecule has 2 aromatic rings. The van der Waals surface area contributed by atoms with Crippen molar-refractivity contribution in [2.45, 2.75) is 18.6 Å². The van der Waals surface area contributed by atoms with E-state index in [9.17, 15) is 5.11 Å². The van der Waals surface area contributed by atoms with Crippen molar-refractivity contribution < 1.29 is 9.84 Å². The predicted octanol–water partition coefficient (Wildman–Crippen LogP) is 3.42. The first-order chi connectivity index (χ1) is 9.70. The SMILES string of the molecule is COc1cccc(Cl)c1C(O)C1Cc2ccccc2N1. The number of ether oxygens (including phenoxy) is 1. The minimum atomic E-state index is -0.717. The van der Waals surface area contributed by atoms with Gasteiger partial charge in [-0.05, 0) is 30.2 Å². The van der Waals surface area contributed by atoms with Gasteiger partial charge in [0.25, 0.3) is 0 Å². The molecule has 0 aliphatic carbocycles. The molecule has 1 aliphatic rings. The average Bonchev–Trinajstić information content (AvgIpc) is 2.90. The Labute approximate surface area is 123 Å². The summed E-state index contributed by atoms with van der Waals surface area (Å²) in [5, 5.41) is 14.5. The van der Waals surface area contributed by atoms with Crippen molar-refractivity contribution >= 4 is 17.3 Å². The minimum Gasteiger partial charge on any atom is -0.496 e. The van der Waals surface area contributed by atoms with Gasteiger partial charge in [-0.3, -0.25) is 0 Å². The molecule has 2 N–H and O–H groups in total. The molecular formula is C16H16ClNO2. The van der Waals surface area contributed by atoms with Crippen LogP contribution in [-0.4, -0.2) is 18.3 Å². The van der Waals surface area contributed by atoms with Crippen molar-refractivity contribution in [2.24, 2.45) is 0 Å². The second-order valence-electron chi connectivity index (χ2n) is 4.91. The molecule has 0 bridgehead atoms. The molecular weight excluding hydrogens is 274 g/mol. The predicted molar refractivity (Wildman–Crippen MR) is 80.5 cm³/mol. The highest BCUT2D eigenvalue weighted by Gasteiger charge is 2.30. The summed E-state index contributed by atoms with van der Waals surface area (Å²) >= 11 is 6.22. The third-order valence-corrected chi connectivity index (χ3v) is 4.04. The van der Waals surface area contributed by atoms with Crippen LogP contribution >= 0.6 is 11.6 Å². The van der Waals surface area contributed by atoms with Crippen LogP contribution in [0.1, 0.15) is 17.2 Å². The molecule has 2 aromatic carbocycles. The third kappa shape index (κ3) is 2.23. The lowest BCUT2D eigenvalue weighted by Gasteiger charge is -2.22. The van der Waals surface area contributed by atoms with Crippen molar-refractivity contribution in [3.63, 3.8) is 0 Å². The van der Waals surface area contributed by atoms with E-state index in [4.69, 9.17) is 16.3 Å². The molecule has 0 radical (unpaired) electrons. The maximum Gasteiger partial charge on any atom is 0.126 e. The first-order valence-corrected chi connectivity index (χ1v) is 6.93. The molecule has 20 heavy (non-hydrogen) atoms. The van der Waals surface area contributed by atoms with E-state index in [1.54, 1.807) is 13.2 Å². The fraction of sp³-hybridized carbons (Fsp3) is 0.250. The standard InChI is InChI=1S/C16H16ClNO2/c1-20-14-8-4-6-11(17)15(14)16(19)13-9-10-5-2-3-7-12(10)18-13/h2-8,13,16,18-19H,9H2,1H3. The van der Waals surface area contributed by atoms with Gasteiger partial charge in [0.2, 0.25) is 0 Å². The quantitative estimate of drug-likeness (QED) is 0.910. The number of methoxy groups -OCH3 is 1. The maximum atomic E-state index is 10.7. The van der Waals surface area contributed by atoms with E-state index in [0.29, 0.717) is 16.3 Å². The maximum absolute atomic E-state index is 10.7. The van der Waals surface area contributed by atoms with Crippen molar-refractivity contribution in [1.29, 1.82) is 0 Å². The van der Waals surface area contributed by atoms with Gasteiger partial charge >= 0.3 is 0 Å². The molecule has 0 aromatic heterocycles. The molecule has 0 fully saturated rings. The van der Waals surface area contributed by atoms with Gasteiger partial charge in [0, 0.05) is 11.3 Å². The number of hydrogen-bond acceptors (Lipinski definition) is 3. The number of fused-ring (bicyclic) bond motifs is 1. The van der Waals surface area contributed by atoms with Gasteiger partial charge in [-0.2, -0.15) is 0 Å². The molecule has 4 heteroatoms. The molecule has 2 atom stereocenters. The summed E-state index contributed by atoms with van der Waals surface area (Å²) in [5.41, 5.74) is 2.92. The van der Waals surface area contributed by atoms with Gasteiger partial charge in [-0.1, -0.05) is 35.9 Å². The number of benzene rings is 2. The monoisotopic (exact) mass is 289 g/mol. The summed E-state index contributed by atoms with van der Waals surface area (Å²) in [7, 11) is 1.58. The normalized spacial score (nSPS) is 18.2. The zero-order valence-corrected chi connectivity index (χ0v) is 11.9. The van der Waals surface area contributed by atoms with Gasteiger partial charge in [-0.25, -0.2) is 0 Å². The van der Waals surface area contributed by atoms with Gasteiger partial charge in [-0.15, -0.1) is 0 Å². The molecule has 1 heterocycles. The summed E-state index contributed by atoms with van der Waals surface area (Å²) < 4.78 is 5.31. The van der Waals surface area contributed by atoms with E-state index in [1.165, 1.54) is 5.56 Å². The Morgan fingerprint density at radius 1 is 1.25 bits per heavy atom. The van der Waals surface area contributed by atoms with Crippen LogP contribution in [0.4, 0.5) is 5.69 Å². The van der Waals surface area contributed by atoms with Gasteiger partial charge in [0.15, 0.2) is 0 Å². The number of halogens is 1. The summed E-state index contributed by atoms with van der Waals surface area (Å²) in [5.74, 6) is 0.614. The Morgan fingerprint density at radius 2 is 2.05 bits per heavy atom. The summed E-state index contributed by atoms with van der Waals surface area (Å²) in [6, 6.07) is 13.4. The van der Waals surface area contributed by atoms with Gasteiger partial charge in [0.05, 0.1) is 18.2 Å². The van der Waals surface area contributed by atoms with Crippen LogP contribution in [0.5, 0.6) is 5.75 Å². The Bertz CT molecular complexity index is 605. The first kappa shape index (κ1) is 13.3. The zero-order valence-electron chi connectivity index (χ0n) is 11.1. The smallest absolute Gasteiger partial charge is 0.126 e. The van der Waals surface area contributed by atoms with Gasteiger partial charge in [0.1, 0.15) is 11.9 Å². The van der Waals surface area contributed by atoms with E-state index in [2.05, 4.69) is 11.4 Å². The number of aliphatic hydroxyl groups is 1. The fourth-order valence-electron chi connectivity index (χ4n) is 2.70. The highest BCUT2D eigenvalue weighted by Crippen LogP contribution is 2.38. The second-order valence-corrected chi connectivity index (χ2v) is 5.32. The van der Waals surface area contributed by atoms with Gasteiger partial charge < -0.3 is 15.2 Å². The lowest BCUT2D eigenvalue weighted by molar-refractivity contribution is 0.153. The Kier molecular flexibility index (Phi) is 3.55. The molecule has 3 nitrogen and oxygen atoms in total. The second kappa shape index (κ2) is 5.35. The number of para-hydroxylation sites is 1. The van der Waals surface area contributed by atoms with Crippen LogP contribution in [0, 0.1) is 0 Å². The van der Waals surface area contributed by atoms with E-state index in [-0.39, 0.29) is 6.04 Å². The van der Waals surface area contributed by atoms with Crippen molar-refractivity contribution in [1.82, 2.24) is 0 Å². The summed E-state index contributed by atoms with van der Waals surface area (Å²) in [6.07, 6.45) is 0.0529. The zero-order chi connectivity index (χ0) is 14.1. The molecule has 1 aliphatic heterocycles. The lowest BCUT2D eigenvalue weighted by Crippen LogP contribution is -2.25. The van der Waals surface area contributed by atoms with Crippen LogP contribution in [0.2, 0.25) is 5.02 Å². The van der Waals surface area contributed by atoms with Crippen molar-refractivity contribution in [3.05, 3.63) is 58.6 Å². The molecule has 0 spiro atoms. The van der Waals surface area contributed by atoms with Crippen LogP contribution in [0.3, 0.4) is 0 Å². The van der Waals surface area contributed by atoms with Crippen LogP contribution in [-0.2, 0) is 6.42 Å². The van der Waals surface area contributed by atoms with E-state index in [1.807, 2.05) is 30.3 Å². The van der Waals surface area contributed by atoms with Crippen LogP contribution in [0.15, 0.2) is 42.5 Å². The molecule has 3 rings (SSSR count). The first-order valence-electron chi connectivity index (χ1n) is 6.55. The Morgan fingerprint density at radius 3 is 2.80 bits per heavy atom. The molecule has 0 saturated heterocycles. The minimum absolute atomic E-state index is 0.0961. The molecule has 2 unspecified atom stereocenters. The Hall–Kier alpha value is -1.71. The molecule has 0 amide bonds. The third-order valence-electron chi connectivity index (χ3n) is 3.71. The number of anilines is 1. The van der Waals surface area contributed by atoms with E-state index < -0.39 is 6.10 Å². The largest absolute Gasteiger partial charge is 0.496 e. The highest BCUT2D eigenvalue weighted by atomic mass is 35.5. The Balaban J connectivity index is 1.90. The average molecular weight is 290 g/mol. The van der Waals surface area contributed by atoms with Crippen molar-refractivity contribution in [3.8, 4) is 5.75 Å². The number of nitrogens with one attached hydrogen (secondary N) is 1.